The van der Waals surface area contributed by atoms with E-state index in [0.29, 0.717) is 16.9 Å². The molecule has 0 amide bonds. The van der Waals surface area contributed by atoms with Crippen molar-refractivity contribution >= 4 is 17.4 Å². The van der Waals surface area contributed by atoms with Crippen LogP contribution in [0.25, 0.3) is 11.3 Å². The molecule has 2 aromatic carbocycles. The monoisotopic (exact) mass is 462 g/mol. The predicted molar refractivity (Wildman–Crippen MR) is 120 cm³/mol. The van der Waals surface area contributed by atoms with Crippen molar-refractivity contribution in [2.24, 2.45) is 0 Å². The van der Waals surface area contributed by atoms with E-state index in [1.165, 1.54) is 22.8 Å². The Kier molecular flexibility index (Phi) is 5.24. The summed E-state index contributed by atoms with van der Waals surface area (Å²) >= 11 is 0. The van der Waals surface area contributed by atoms with Gasteiger partial charge in [-0.25, -0.2) is 4.98 Å². The molecule has 3 heterocycles. The average Bonchev–Trinajstić information content (AvgIpc) is 2.84. The summed E-state index contributed by atoms with van der Waals surface area (Å²) in [6.07, 6.45) is -1.40. The Morgan fingerprint density at radius 1 is 0.971 bits per heavy atom. The first-order valence-electron chi connectivity index (χ1n) is 10.4. The minimum Gasteiger partial charge on any atom is -0.304 e. The number of hydrogen-bond acceptors (Lipinski definition) is 5. The molecule has 0 saturated carbocycles. The molecule has 34 heavy (non-hydrogen) atoms. The summed E-state index contributed by atoms with van der Waals surface area (Å²) in [7, 11) is 0. The maximum Gasteiger partial charge on any atom is 0.416 e. The number of aromatic nitrogens is 3. The highest BCUT2D eigenvalue weighted by Crippen LogP contribution is 2.34. The van der Waals surface area contributed by atoms with Crippen molar-refractivity contribution in [2.45, 2.75) is 12.7 Å². The van der Waals surface area contributed by atoms with Gasteiger partial charge in [0.1, 0.15) is 0 Å². The largest absolute Gasteiger partial charge is 0.416 e. The molecule has 0 aliphatic carbocycles. The summed E-state index contributed by atoms with van der Waals surface area (Å²) < 4.78 is 40.9. The number of carbonyl (C=O) groups excluding carboxylic acids is 1. The van der Waals surface area contributed by atoms with Crippen LogP contribution in [0, 0.1) is 0 Å². The molecule has 2 aromatic heterocycles. The van der Waals surface area contributed by atoms with Gasteiger partial charge in [0.2, 0.25) is 5.95 Å². The summed E-state index contributed by atoms with van der Waals surface area (Å²) in [5.41, 5.74) is 1.29. The first-order chi connectivity index (χ1) is 16.3. The van der Waals surface area contributed by atoms with Crippen molar-refractivity contribution in [1.82, 2.24) is 14.5 Å². The van der Waals surface area contributed by atoms with Crippen molar-refractivity contribution in [2.75, 3.05) is 11.4 Å². The number of nitrogens with zero attached hydrogens (tertiary/aromatic N) is 4. The zero-order valence-corrected chi connectivity index (χ0v) is 17.7. The molecule has 0 N–H and O–H groups in total. The van der Waals surface area contributed by atoms with Crippen molar-refractivity contribution in [3.8, 4) is 11.3 Å². The van der Waals surface area contributed by atoms with Gasteiger partial charge in [0.05, 0.1) is 24.3 Å². The van der Waals surface area contributed by atoms with Gasteiger partial charge in [-0.2, -0.15) is 13.2 Å². The van der Waals surface area contributed by atoms with Crippen LogP contribution in [0.2, 0.25) is 0 Å². The standard InChI is InChI=1S/C25H17F3N4O2/c26-25(27,28)19-6-3-5-17(12-19)22(33)15-31-21-7-2-1-4-18(21)14-32-23(34)13-20(30-24(31)32)16-8-10-29-11-9-16/h1-13H,14-15H2. The van der Waals surface area contributed by atoms with E-state index in [0.717, 1.165) is 17.7 Å². The third-order valence-corrected chi connectivity index (χ3v) is 5.63. The Bertz CT molecular complexity index is 1450. The molecule has 9 heteroatoms. The molecule has 6 nitrogen and oxygen atoms in total. The molecule has 5 rings (SSSR count). The van der Waals surface area contributed by atoms with Crippen LogP contribution >= 0.6 is 0 Å². The third-order valence-electron chi connectivity index (χ3n) is 5.63. The lowest BCUT2D eigenvalue weighted by Gasteiger charge is -2.32. The zero-order chi connectivity index (χ0) is 23.9. The van der Waals surface area contributed by atoms with Gasteiger partial charge in [-0.15, -0.1) is 0 Å². The molecule has 4 aromatic rings. The number of rotatable bonds is 4. The SMILES string of the molecule is O=C(CN1c2ccccc2Cn2c1nc(-c1ccncc1)cc2=O)c1cccc(C(F)(F)F)c1. The number of pyridine rings is 1. The van der Waals surface area contributed by atoms with Crippen molar-refractivity contribution < 1.29 is 18.0 Å². The molecule has 170 valence electrons. The molecule has 0 spiro atoms. The smallest absolute Gasteiger partial charge is 0.304 e. The summed E-state index contributed by atoms with van der Waals surface area (Å²) in [5, 5.41) is 0. The van der Waals surface area contributed by atoms with Gasteiger partial charge in [0.25, 0.3) is 5.56 Å². The summed E-state index contributed by atoms with van der Waals surface area (Å²) in [6.45, 7) is -0.0211. The topological polar surface area (TPSA) is 68.1 Å². The van der Waals surface area contributed by atoms with Gasteiger partial charge in [-0.3, -0.25) is 19.1 Å². The number of fused-ring (bicyclic) bond motifs is 2. The fourth-order valence-electron chi connectivity index (χ4n) is 3.96. The first kappa shape index (κ1) is 21.6. The summed E-state index contributed by atoms with van der Waals surface area (Å²) in [5.74, 6) is -0.281. The van der Waals surface area contributed by atoms with Crippen LogP contribution in [0.4, 0.5) is 24.8 Å². The van der Waals surface area contributed by atoms with Crippen LogP contribution in [-0.4, -0.2) is 26.9 Å². The molecule has 0 radical (unpaired) electrons. The van der Waals surface area contributed by atoms with E-state index in [2.05, 4.69) is 9.97 Å². The van der Waals surface area contributed by atoms with Gasteiger partial charge in [0, 0.05) is 35.3 Å². The fourth-order valence-corrected chi connectivity index (χ4v) is 3.96. The number of benzene rings is 2. The highest BCUT2D eigenvalue weighted by atomic mass is 19.4. The van der Waals surface area contributed by atoms with E-state index in [-0.39, 0.29) is 30.2 Å². The van der Waals surface area contributed by atoms with Crippen LogP contribution < -0.4 is 10.5 Å². The van der Waals surface area contributed by atoms with Gasteiger partial charge in [-0.1, -0.05) is 30.3 Å². The van der Waals surface area contributed by atoms with Crippen LogP contribution in [0.15, 0.2) is 83.9 Å². The highest BCUT2D eigenvalue weighted by molar-refractivity contribution is 6.00. The molecule has 0 unspecified atom stereocenters. The number of halogens is 3. The second-order valence-electron chi connectivity index (χ2n) is 7.82. The molecule has 0 fully saturated rings. The van der Waals surface area contributed by atoms with E-state index < -0.39 is 17.5 Å². The van der Waals surface area contributed by atoms with Crippen LogP contribution in [0.5, 0.6) is 0 Å². The lowest BCUT2D eigenvalue weighted by atomic mass is 10.0. The molecule has 0 bridgehead atoms. The van der Waals surface area contributed by atoms with Crippen LogP contribution in [0.3, 0.4) is 0 Å². The average molecular weight is 462 g/mol. The lowest BCUT2D eigenvalue weighted by molar-refractivity contribution is -0.137. The number of alkyl halides is 3. The normalized spacial score (nSPS) is 12.7. The molecule has 0 atom stereocenters. The minimum atomic E-state index is -4.56. The maximum atomic E-state index is 13.2. The third kappa shape index (κ3) is 3.96. The van der Waals surface area contributed by atoms with Gasteiger partial charge >= 0.3 is 6.18 Å². The number of anilines is 2. The number of para-hydroxylation sites is 1. The zero-order valence-electron chi connectivity index (χ0n) is 17.7. The van der Waals surface area contributed by atoms with Crippen LogP contribution in [0.1, 0.15) is 21.5 Å². The Balaban J connectivity index is 1.59. The highest BCUT2D eigenvalue weighted by Gasteiger charge is 2.32. The Hall–Kier alpha value is -4.27. The van der Waals surface area contributed by atoms with Gasteiger partial charge in [0.15, 0.2) is 5.78 Å². The Morgan fingerprint density at radius 3 is 2.50 bits per heavy atom. The van der Waals surface area contributed by atoms with E-state index in [1.807, 2.05) is 12.1 Å². The van der Waals surface area contributed by atoms with Gasteiger partial charge in [-0.05, 0) is 35.9 Å². The molecule has 0 saturated heterocycles. The van der Waals surface area contributed by atoms with Crippen LogP contribution in [-0.2, 0) is 12.7 Å². The Labute approximate surface area is 192 Å². The quantitative estimate of drug-likeness (QED) is 0.411. The second-order valence-corrected chi connectivity index (χ2v) is 7.82. The van der Waals surface area contributed by atoms with E-state index >= 15 is 0 Å². The molecule has 1 aliphatic heterocycles. The number of carbonyl (C=O) groups is 1. The molecular weight excluding hydrogens is 445 g/mol. The van der Waals surface area contributed by atoms with Crippen molar-refractivity contribution in [1.29, 1.82) is 0 Å². The lowest BCUT2D eigenvalue weighted by Crippen LogP contribution is -2.37. The van der Waals surface area contributed by atoms with Crippen molar-refractivity contribution in [3.05, 3.63) is 106 Å². The number of Topliss-reactive ketones (excluding diaryl/α,β-unsaturated/α-hetero) is 1. The molecule has 1 aliphatic rings. The maximum absolute atomic E-state index is 13.2. The van der Waals surface area contributed by atoms with E-state index in [1.54, 1.807) is 41.6 Å². The van der Waals surface area contributed by atoms with Crippen molar-refractivity contribution in [3.63, 3.8) is 0 Å². The fraction of sp³-hybridized carbons (Fsp3) is 0.120. The van der Waals surface area contributed by atoms with E-state index in [4.69, 9.17) is 0 Å². The summed E-state index contributed by atoms with van der Waals surface area (Å²) in [6, 6.07) is 16.4. The summed E-state index contributed by atoms with van der Waals surface area (Å²) in [4.78, 5) is 36.3. The number of ketones is 1. The first-order valence-corrected chi connectivity index (χ1v) is 10.4. The predicted octanol–water partition coefficient (Wildman–Crippen LogP) is 4.71. The number of hydrogen-bond donors (Lipinski definition) is 0. The van der Waals surface area contributed by atoms with Gasteiger partial charge < -0.3 is 4.90 Å². The second kappa shape index (κ2) is 8.26. The Morgan fingerprint density at radius 2 is 1.74 bits per heavy atom. The molecular formula is C25H17F3N4O2. The van der Waals surface area contributed by atoms with E-state index in [9.17, 15) is 22.8 Å². The minimum absolute atomic E-state index is 0.0722.